The van der Waals surface area contributed by atoms with Gasteiger partial charge in [-0.15, -0.1) is 0 Å². The Morgan fingerprint density at radius 2 is 1.05 bits per heavy atom. The van der Waals surface area contributed by atoms with Crippen molar-refractivity contribution >= 4 is 9.84 Å². The first-order valence-electron chi connectivity index (χ1n) is 12.8. The van der Waals surface area contributed by atoms with Gasteiger partial charge < -0.3 is 9.84 Å². The fourth-order valence-corrected chi connectivity index (χ4v) is 5.90. The molecule has 4 nitrogen and oxygen atoms in total. The molecule has 4 aromatic rings. The zero-order chi connectivity index (χ0) is 30.9. The zero-order valence-corrected chi connectivity index (χ0v) is 23.2. The van der Waals surface area contributed by atoms with Gasteiger partial charge in [0.05, 0.1) is 9.79 Å². The van der Waals surface area contributed by atoms with Crippen molar-refractivity contribution in [2.45, 2.75) is 53.7 Å². The molecule has 0 radical (unpaired) electrons. The van der Waals surface area contributed by atoms with Gasteiger partial charge in [0, 0.05) is 0 Å². The summed E-state index contributed by atoms with van der Waals surface area (Å²) < 4.78 is 117. The van der Waals surface area contributed by atoms with Crippen molar-refractivity contribution in [2.24, 2.45) is 0 Å². The molecule has 0 bridgehead atoms. The summed E-state index contributed by atoms with van der Waals surface area (Å²) in [6, 6.07) is 17.8. The van der Waals surface area contributed by atoms with Gasteiger partial charge >= 0.3 is 12.4 Å². The summed E-state index contributed by atoms with van der Waals surface area (Å²) >= 11 is 0. The monoisotopic (exact) mass is 608 g/mol. The molecule has 0 aromatic heterocycles. The SMILES string of the molecule is CCC(C)c1ccc(S(=O)(=O)c2ccc(Oc3ccc(C(c4ccc(O)cc4)(C(F)(F)F)C(F)(F)F)cc3)cc2)cc1. The number of benzene rings is 4. The van der Waals surface area contributed by atoms with Crippen LogP contribution >= 0.6 is 0 Å². The molecule has 0 aliphatic rings. The number of rotatable bonds is 8. The van der Waals surface area contributed by atoms with Crippen LogP contribution in [-0.2, 0) is 15.3 Å². The van der Waals surface area contributed by atoms with Crippen molar-refractivity contribution in [1.82, 2.24) is 0 Å². The molecular formula is C31H26F6O4S. The second-order valence-corrected chi connectivity index (χ2v) is 11.7. The summed E-state index contributed by atoms with van der Waals surface area (Å²) in [4.78, 5) is 0.0841. The lowest BCUT2D eigenvalue weighted by Crippen LogP contribution is -2.54. The molecule has 0 aliphatic carbocycles. The van der Waals surface area contributed by atoms with Crippen molar-refractivity contribution in [2.75, 3.05) is 0 Å². The number of halogens is 6. The molecule has 4 aromatic carbocycles. The molecule has 0 amide bonds. The van der Waals surface area contributed by atoms with Crippen LogP contribution in [0.2, 0.25) is 0 Å². The number of phenols is 1. The normalized spacial score (nSPS) is 13.5. The van der Waals surface area contributed by atoms with Crippen LogP contribution in [0, 0.1) is 0 Å². The van der Waals surface area contributed by atoms with Gasteiger partial charge in [-0.3, -0.25) is 0 Å². The number of hydrogen-bond donors (Lipinski definition) is 1. The number of hydrogen-bond acceptors (Lipinski definition) is 4. The van der Waals surface area contributed by atoms with Gasteiger partial charge in [0.2, 0.25) is 15.3 Å². The number of ether oxygens (including phenoxy) is 1. The summed E-state index contributed by atoms with van der Waals surface area (Å²) in [5, 5.41) is 9.42. The van der Waals surface area contributed by atoms with E-state index in [4.69, 9.17) is 4.74 Å². The van der Waals surface area contributed by atoms with E-state index in [9.17, 15) is 39.9 Å². The predicted octanol–water partition coefficient (Wildman–Crippen LogP) is 8.94. The molecule has 0 aliphatic heterocycles. The highest BCUT2D eigenvalue weighted by Crippen LogP contribution is 2.56. The van der Waals surface area contributed by atoms with Crippen molar-refractivity contribution in [1.29, 1.82) is 0 Å². The highest BCUT2D eigenvalue weighted by molar-refractivity contribution is 7.91. The average Bonchev–Trinajstić information content (AvgIpc) is 2.94. The van der Waals surface area contributed by atoms with Gasteiger partial charge in [0.15, 0.2) is 0 Å². The number of aromatic hydroxyl groups is 1. The summed E-state index contributed by atoms with van der Waals surface area (Å²) in [6.45, 7) is 4.07. The van der Waals surface area contributed by atoms with E-state index < -0.39 is 44.5 Å². The minimum atomic E-state index is -5.78. The molecule has 1 atom stereocenters. The van der Waals surface area contributed by atoms with Crippen LogP contribution in [0.3, 0.4) is 0 Å². The molecule has 0 fully saturated rings. The molecule has 1 N–H and O–H groups in total. The quantitative estimate of drug-likeness (QED) is 0.203. The van der Waals surface area contributed by atoms with Gasteiger partial charge in [-0.1, -0.05) is 50.2 Å². The lowest BCUT2D eigenvalue weighted by atomic mass is 9.73. The zero-order valence-electron chi connectivity index (χ0n) is 22.4. The Labute approximate surface area is 239 Å². The standard InChI is InChI=1S/C31H26F6O4S/c1-3-20(2)21-4-16-27(17-5-21)42(39,40)28-18-14-26(15-19-28)41-25-12-8-23(9-13-25)29(30(32,33)34,31(35,36)37)22-6-10-24(38)11-7-22/h4-20,38H,3H2,1-2H3. The van der Waals surface area contributed by atoms with Crippen LogP contribution < -0.4 is 4.74 Å². The Morgan fingerprint density at radius 3 is 1.45 bits per heavy atom. The van der Waals surface area contributed by atoms with Gasteiger partial charge in [-0.2, -0.15) is 26.3 Å². The van der Waals surface area contributed by atoms with Gasteiger partial charge in [0.1, 0.15) is 17.2 Å². The molecule has 0 saturated carbocycles. The summed E-state index contributed by atoms with van der Waals surface area (Å²) in [5.41, 5.74) is -5.56. The predicted molar refractivity (Wildman–Crippen MR) is 145 cm³/mol. The molecule has 0 saturated heterocycles. The molecule has 0 spiro atoms. The molecular weight excluding hydrogens is 582 g/mol. The molecule has 0 heterocycles. The highest BCUT2D eigenvalue weighted by atomic mass is 32.2. The van der Waals surface area contributed by atoms with E-state index in [1.165, 1.54) is 36.4 Å². The third kappa shape index (κ3) is 5.70. The van der Waals surface area contributed by atoms with Gasteiger partial charge in [0.25, 0.3) is 0 Å². The Morgan fingerprint density at radius 1 is 0.667 bits per heavy atom. The first kappa shape index (κ1) is 31.0. The molecule has 42 heavy (non-hydrogen) atoms. The van der Waals surface area contributed by atoms with Crippen molar-refractivity contribution in [3.8, 4) is 17.2 Å². The van der Waals surface area contributed by atoms with E-state index in [0.717, 1.165) is 36.2 Å². The Balaban J connectivity index is 1.60. The maximum absolute atomic E-state index is 14.3. The second kappa shape index (κ2) is 11.4. The summed E-state index contributed by atoms with van der Waals surface area (Å²) in [5.74, 6) is -0.165. The van der Waals surface area contributed by atoms with Crippen LogP contribution in [-0.4, -0.2) is 25.9 Å². The van der Waals surface area contributed by atoms with Gasteiger partial charge in [-0.25, -0.2) is 8.42 Å². The number of phenolic OH excluding ortho intramolecular Hbond substituents is 1. The van der Waals surface area contributed by atoms with Crippen LogP contribution in [0.5, 0.6) is 17.2 Å². The van der Waals surface area contributed by atoms with Crippen LogP contribution in [0.25, 0.3) is 0 Å². The topological polar surface area (TPSA) is 63.6 Å². The molecule has 222 valence electrons. The van der Waals surface area contributed by atoms with Crippen molar-refractivity contribution in [3.63, 3.8) is 0 Å². The lowest BCUT2D eigenvalue weighted by molar-refractivity contribution is -0.288. The summed E-state index contributed by atoms with van der Waals surface area (Å²) in [6.07, 6.45) is -10.7. The van der Waals surface area contributed by atoms with E-state index >= 15 is 0 Å². The lowest BCUT2D eigenvalue weighted by Gasteiger charge is -2.38. The third-order valence-electron chi connectivity index (χ3n) is 7.18. The van der Waals surface area contributed by atoms with E-state index in [2.05, 4.69) is 0 Å². The Bertz CT molecular complexity index is 1600. The van der Waals surface area contributed by atoms with E-state index in [0.29, 0.717) is 24.3 Å². The smallest absolute Gasteiger partial charge is 0.411 e. The van der Waals surface area contributed by atoms with E-state index in [-0.39, 0.29) is 27.2 Å². The van der Waals surface area contributed by atoms with Crippen LogP contribution in [0.1, 0.15) is 42.9 Å². The maximum Gasteiger partial charge on any atom is 0.411 e. The number of sulfone groups is 1. The largest absolute Gasteiger partial charge is 0.508 e. The molecule has 4 rings (SSSR count). The van der Waals surface area contributed by atoms with E-state index in [1.807, 2.05) is 13.8 Å². The van der Waals surface area contributed by atoms with Crippen molar-refractivity contribution in [3.05, 3.63) is 114 Å². The van der Waals surface area contributed by atoms with Gasteiger partial charge in [-0.05, 0) is 89.7 Å². The van der Waals surface area contributed by atoms with Crippen LogP contribution in [0.15, 0.2) is 107 Å². The Kier molecular flexibility index (Phi) is 8.37. The molecule has 11 heteroatoms. The first-order chi connectivity index (χ1) is 19.6. The number of alkyl halides is 6. The first-order valence-corrected chi connectivity index (χ1v) is 14.3. The van der Waals surface area contributed by atoms with E-state index in [1.54, 1.807) is 12.1 Å². The minimum absolute atomic E-state index is 0.0180. The maximum atomic E-state index is 14.3. The van der Waals surface area contributed by atoms with Crippen LogP contribution in [0.4, 0.5) is 26.3 Å². The molecule has 1 unspecified atom stereocenters. The Hall–Kier alpha value is -3.99. The fourth-order valence-electron chi connectivity index (χ4n) is 4.64. The minimum Gasteiger partial charge on any atom is -0.508 e. The third-order valence-corrected chi connectivity index (χ3v) is 8.97. The summed E-state index contributed by atoms with van der Waals surface area (Å²) in [7, 11) is -3.84. The highest BCUT2D eigenvalue weighted by Gasteiger charge is 2.72. The van der Waals surface area contributed by atoms with Crippen molar-refractivity contribution < 1.29 is 44.6 Å². The second-order valence-electron chi connectivity index (χ2n) is 9.77. The fraction of sp³-hybridized carbons (Fsp3) is 0.226. The average molecular weight is 609 g/mol.